The predicted molar refractivity (Wildman–Crippen MR) is 83.1 cm³/mol. The topological polar surface area (TPSA) is 44.1 Å². The van der Waals surface area contributed by atoms with E-state index in [1.165, 1.54) is 5.56 Å². The van der Waals surface area contributed by atoms with Gasteiger partial charge in [0.25, 0.3) is 0 Å². The number of hydrogen-bond donors (Lipinski definition) is 0. The molecule has 0 N–H and O–H groups in total. The van der Waals surface area contributed by atoms with Gasteiger partial charge in [0, 0.05) is 25.4 Å². The lowest BCUT2D eigenvalue weighted by Crippen LogP contribution is -2.19. The van der Waals surface area contributed by atoms with Crippen LogP contribution < -0.4 is 0 Å². The molecular formula is C16H18N2O2S. The van der Waals surface area contributed by atoms with Crippen molar-refractivity contribution >= 4 is 17.7 Å². The SMILES string of the molecule is O=C(OCCCn1cccn1)[C@@H]1SCCc2ccccc21. The molecule has 110 valence electrons. The summed E-state index contributed by atoms with van der Waals surface area (Å²) in [6, 6.07) is 10.1. The highest BCUT2D eigenvalue weighted by atomic mass is 32.2. The van der Waals surface area contributed by atoms with Crippen molar-refractivity contribution in [2.45, 2.75) is 24.6 Å². The molecule has 0 saturated heterocycles. The summed E-state index contributed by atoms with van der Waals surface area (Å²) in [5, 5.41) is 3.96. The van der Waals surface area contributed by atoms with Gasteiger partial charge in [-0.25, -0.2) is 0 Å². The average molecular weight is 302 g/mol. The molecule has 21 heavy (non-hydrogen) atoms. The van der Waals surface area contributed by atoms with Crippen molar-refractivity contribution in [1.82, 2.24) is 9.78 Å². The number of carbonyl (C=O) groups excluding carboxylic acids is 1. The molecule has 0 aliphatic carbocycles. The maximum Gasteiger partial charge on any atom is 0.323 e. The zero-order chi connectivity index (χ0) is 14.5. The van der Waals surface area contributed by atoms with Crippen LogP contribution in [0.15, 0.2) is 42.7 Å². The van der Waals surface area contributed by atoms with Crippen molar-refractivity contribution in [3.05, 3.63) is 53.9 Å². The van der Waals surface area contributed by atoms with Gasteiger partial charge in [0.2, 0.25) is 0 Å². The van der Waals surface area contributed by atoms with Gasteiger partial charge < -0.3 is 4.74 Å². The molecule has 0 unspecified atom stereocenters. The summed E-state index contributed by atoms with van der Waals surface area (Å²) in [6.45, 7) is 1.21. The molecule has 4 nitrogen and oxygen atoms in total. The fraction of sp³-hybridized carbons (Fsp3) is 0.375. The maximum absolute atomic E-state index is 12.3. The van der Waals surface area contributed by atoms with Crippen LogP contribution in [0, 0.1) is 0 Å². The third kappa shape index (κ3) is 3.47. The van der Waals surface area contributed by atoms with Gasteiger partial charge in [-0.05, 0) is 29.4 Å². The van der Waals surface area contributed by atoms with Crippen molar-refractivity contribution in [3.63, 3.8) is 0 Å². The molecule has 1 atom stereocenters. The lowest BCUT2D eigenvalue weighted by Gasteiger charge is -2.23. The molecule has 3 rings (SSSR count). The fourth-order valence-electron chi connectivity index (χ4n) is 2.50. The van der Waals surface area contributed by atoms with E-state index in [0.29, 0.717) is 6.61 Å². The first-order valence-corrected chi connectivity index (χ1v) is 8.23. The Labute approximate surface area is 128 Å². The first-order chi connectivity index (χ1) is 10.3. The minimum absolute atomic E-state index is 0.118. The number of esters is 1. The van der Waals surface area contributed by atoms with Crippen molar-refractivity contribution in [2.75, 3.05) is 12.4 Å². The Balaban J connectivity index is 1.52. The highest BCUT2D eigenvalue weighted by Gasteiger charge is 2.27. The van der Waals surface area contributed by atoms with Crippen LogP contribution in [0.2, 0.25) is 0 Å². The summed E-state index contributed by atoms with van der Waals surface area (Å²) in [5.41, 5.74) is 2.39. The fourth-order valence-corrected chi connectivity index (χ4v) is 3.68. The number of thioether (sulfide) groups is 1. The van der Waals surface area contributed by atoms with E-state index < -0.39 is 0 Å². The van der Waals surface area contributed by atoms with Crippen LogP contribution in [-0.4, -0.2) is 28.1 Å². The Hall–Kier alpha value is -1.75. The number of benzene rings is 1. The molecule has 0 saturated carbocycles. The van der Waals surface area contributed by atoms with E-state index in [2.05, 4.69) is 11.2 Å². The first-order valence-electron chi connectivity index (χ1n) is 7.18. The van der Waals surface area contributed by atoms with Gasteiger partial charge in [0.15, 0.2) is 0 Å². The van der Waals surface area contributed by atoms with Crippen LogP contribution in [-0.2, 0) is 22.5 Å². The number of fused-ring (bicyclic) bond motifs is 1. The van der Waals surface area contributed by atoms with Crippen molar-refractivity contribution in [3.8, 4) is 0 Å². The Morgan fingerprint density at radius 1 is 1.38 bits per heavy atom. The third-order valence-electron chi connectivity index (χ3n) is 3.54. The first kappa shape index (κ1) is 14.2. The highest BCUT2D eigenvalue weighted by Crippen LogP contribution is 2.37. The van der Waals surface area contributed by atoms with Crippen molar-refractivity contribution in [2.24, 2.45) is 0 Å². The number of aromatic nitrogens is 2. The van der Waals surface area contributed by atoms with Gasteiger partial charge in [-0.1, -0.05) is 24.3 Å². The number of carbonyl (C=O) groups is 1. The predicted octanol–water partition coefficient (Wildman–Crippen LogP) is 2.85. The van der Waals surface area contributed by atoms with E-state index in [9.17, 15) is 4.79 Å². The molecule has 2 aromatic rings. The minimum Gasteiger partial charge on any atom is -0.465 e. The van der Waals surface area contributed by atoms with Gasteiger partial charge in [-0.15, -0.1) is 11.8 Å². The van der Waals surface area contributed by atoms with Crippen LogP contribution in [0.3, 0.4) is 0 Å². The van der Waals surface area contributed by atoms with Gasteiger partial charge in [0.1, 0.15) is 5.25 Å². The maximum atomic E-state index is 12.3. The van der Waals surface area contributed by atoms with E-state index in [4.69, 9.17) is 4.74 Å². The summed E-state index contributed by atoms with van der Waals surface area (Å²) in [4.78, 5) is 12.3. The molecule has 1 aliphatic rings. The largest absolute Gasteiger partial charge is 0.465 e. The van der Waals surface area contributed by atoms with Crippen LogP contribution >= 0.6 is 11.8 Å². The lowest BCUT2D eigenvalue weighted by molar-refractivity contribution is -0.143. The van der Waals surface area contributed by atoms with Gasteiger partial charge in [-0.3, -0.25) is 9.48 Å². The number of nitrogens with zero attached hydrogens (tertiary/aromatic N) is 2. The summed E-state index contributed by atoms with van der Waals surface area (Å²) < 4.78 is 7.28. The van der Waals surface area contributed by atoms with Gasteiger partial charge >= 0.3 is 5.97 Å². The molecule has 0 amide bonds. The molecule has 0 fully saturated rings. The van der Waals surface area contributed by atoms with E-state index >= 15 is 0 Å². The minimum atomic E-state index is -0.167. The molecule has 5 heteroatoms. The zero-order valence-electron chi connectivity index (χ0n) is 11.8. The van der Waals surface area contributed by atoms with Gasteiger partial charge in [-0.2, -0.15) is 5.10 Å². The molecule has 0 bridgehead atoms. The Morgan fingerprint density at radius 3 is 3.14 bits per heavy atom. The summed E-state index contributed by atoms with van der Waals surface area (Å²) in [6.07, 6.45) is 5.48. The van der Waals surface area contributed by atoms with Gasteiger partial charge in [0.05, 0.1) is 6.61 Å². The Morgan fingerprint density at radius 2 is 2.29 bits per heavy atom. The number of aryl methyl sites for hydroxylation is 2. The van der Waals surface area contributed by atoms with Crippen LogP contribution in [0.25, 0.3) is 0 Å². The second kappa shape index (κ2) is 6.80. The highest BCUT2D eigenvalue weighted by molar-refractivity contribution is 8.00. The monoisotopic (exact) mass is 302 g/mol. The molecule has 1 aromatic heterocycles. The van der Waals surface area contributed by atoms with E-state index in [-0.39, 0.29) is 11.2 Å². The summed E-state index contributed by atoms with van der Waals surface area (Å²) in [7, 11) is 0. The zero-order valence-corrected chi connectivity index (χ0v) is 12.6. The second-order valence-electron chi connectivity index (χ2n) is 4.99. The van der Waals surface area contributed by atoms with E-state index in [0.717, 1.165) is 30.7 Å². The van der Waals surface area contributed by atoms with E-state index in [1.54, 1.807) is 18.0 Å². The van der Waals surface area contributed by atoms with Crippen LogP contribution in [0.1, 0.15) is 22.8 Å². The summed E-state index contributed by atoms with van der Waals surface area (Å²) >= 11 is 1.68. The molecular weight excluding hydrogens is 284 g/mol. The quantitative estimate of drug-likeness (QED) is 0.629. The standard InChI is InChI=1S/C16H18N2O2S/c19-16(20-11-4-10-18-9-3-8-17-18)15-14-6-2-1-5-13(14)7-12-21-15/h1-3,5-6,8-9,15H,4,7,10-12H2/t15-/m1/s1. The normalized spacial score (nSPS) is 17.2. The number of ether oxygens (including phenoxy) is 1. The van der Waals surface area contributed by atoms with Crippen molar-refractivity contribution in [1.29, 1.82) is 0 Å². The third-order valence-corrected chi connectivity index (χ3v) is 4.76. The molecule has 2 heterocycles. The van der Waals surface area contributed by atoms with Crippen molar-refractivity contribution < 1.29 is 9.53 Å². The molecule has 0 radical (unpaired) electrons. The smallest absolute Gasteiger partial charge is 0.323 e. The Kier molecular flexibility index (Phi) is 4.60. The number of rotatable bonds is 5. The molecule has 1 aromatic carbocycles. The Bertz CT molecular complexity index is 598. The lowest BCUT2D eigenvalue weighted by atomic mass is 10.0. The van der Waals surface area contributed by atoms with E-state index in [1.807, 2.05) is 35.1 Å². The number of hydrogen-bond acceptors (Lipinski definition) is 4. The molecule has 1 aliphatic heterocycles. The summed E-state index contributed by atoms with van der Waals surface area (Å²) in [5.74, 6) is 0.858. The second-order valence-corrected chi connectivity index (χ2v) is 6.20. The average Bonchev–Trinajstić information content (AvgIpc) is 3.04. The van der Waals surface area contributed by atoms with Crippen LogP contribution in [0.5, 0.6) is 0 Å². The van der Waals surface area contributed by atoms with Crippen LogP contribution in [0.4, 0.5) is 0 Å². The molecule has 0 spiro atoms.